The van der Waals surface area contributed by atoms with Gasteiger partial charge in [0.1, 0.15) is 5.75 Å². The lowest BCUT2D eigenvalue weighted by atomic mass is 9.73. The van der Waals surface area contributed by atoms with Gasteiger partial charge in [-0.05, 0) is 72.4 Å². The molecule has 0 aromatic heterocycles. The monoisotopic (exact) mass is 563 g/mol. The summed E-state index contributed by atoms with van der Waals surface area (Å²) >= 11 is 0. The first-order valence-electron chi connectivity index (χ1n) is 15.2. The van der Waals surface area contributed by atoms with Gasteiger partial charge in [-0.25, -0.2) is 0 Å². The number of fused-ring (bicyclic) bond motifs is 1. The molecule has 3 aliphatic rings. The molecule has 3 aromatic carbocycles. The molecule has 1 atom stereocenters. The Kier molecular flexibility index (Phi) is 7.80. The number of hydrogen-bond acceptors (Lipinski definition) is 5. The van der Waals surface area contributed by atoms with Crippen LogP contribution >= 0.6 is 0 Å². The van der Waals surface area contributed by atoms with E-state index in [0.717, 1.165) is 72.7 Å². The quantitative estimate of drug-likeness (QED) is 0.358. The third kappa shape index (κ3) is 5.80. The van der Waals surface area contributed by atoms with E-state index in [0.29, 0.717) is 12.3 Å². The summed E-state index contributed by atoms with van der Waals surface area (Å²) in [7, 11) is 1.65. The molecular weight excluding hydrogens is 522 g/mol. The van der Waals surface area contributed by atoms with Crippen molar-refractivity contribution in [3.05, 3.63) is 101 Å². The number of hydrogen-bond donors (Lipinski definition) is 1. The molecule has 1 saturated heterocycles. The maximum Gasteiger partial charge on any atom is 0.242 e. The Morgan fingerprint density at radius 3 is 2.33 bits per heavy atom. The molecule has 6 heteroatoms. The van der Waals surface area contributed by atoms with E-state index in [1.54, 1.807) is 7.11 Å². The topological polar surface area (TPSA) is 61.9 Å². The summed E-state index contributed by atoms with van der Waals surface area (Å²) in [6.07, 6.45) is 4.31. The Balaban J connectivity index is 1.32. The van der Waals surface area contributed by atoms with Gasteiger partial charge < -0.3 is 19.9 Å². The highest BCUT2D eigenvalue weighted by Crippen LogP contribution is 2.48. The molecular formula is C36H41N3O3. The SMILES string of the molecule is COc1ccc(C2C3=C(CC(C)(C)CC3=O)Nc3ccccc3N2CC(=O)N2CCC(Cc3ccccc3)CC2)cc1. The molecule has 42 heavy (non-hydrogen) atoms. The van der Waals surface area contributed by atoms with Crippen molar-refractivity contribution in [2.45, 2.75) is 52.0 Å². The molecule has 1 fully saturated rings. The van der Waals surface area contributed by atoms with Crippen LogP contribution in [0.15, 0.2) is 90.1 Å². The van der Waals surface area contributed by atoms with Gasteiger partial charge in [-0.3, -0.25) is 9.59 Å². The van der Waals surface area contributed by atoms with Crippen LogP contribution in [-0.4, -0.2) is 43.3 Å². The summed E-state index contributed by atoms with van der Waals surface area (Å²) in [6, 6.07) is 26.3. The highest BCUT2D eigenvalue weighted by Gasteiger charge is 2.42. The largest absolute Gasteiger partial charge is 0.497 e. The number of rotatable bonds is 6. The number of nitrogens with one attached hydrogen (secondary N) is 1. The van der Waals surface area contributed by atoms with Crippen LogP contribution in [0.4, 0.5) is 11.4 Å². The normalized spacial score (nSPS) is 20.4. The second kappa shape index (κ2) is 11.7. The first-order chi connectivity index (χ1) is 20.3. The summed E-state index contributed by atoms with van der Waals surface area (Å²) in [4.78, 5) is 32.1. The van der Waals surface area contributed by atoms with Gasteiger partial charge in [0, 0.05) is 30.8 Å². The van der Waals surface area contributed by atoms with Crippen molar-refractivity contribution in [1.29, 1.82) is 0 Å². The molecule has 0 bridgehead atoms. The molecule has 1 aliphatic carbocycles. The van der Waals surface area contributed by atoms with Crippen molar-refractivity contribution in [3.63, 3.8) is 0 Å². The minimum atomic E-state index is -0.384. The Hall–Kier alpha value is -4.06. The average molecular weight is 564 g/mol. The summed E-state index contributed by atoms with van der Waals surface area (Å²) in [5.41, 5.74) is 5.79. The lowest BCUT2D eigenvalue weighted by Crippen LogP contribution is -2.46. The molecule has 2 heterocycles. The van der Waals surface area contributed by atoms with Crippen LogP contribution in [0.3, 0.4) is 0 Å². The van der Waals surface area contributed by atoms with E-state index >= 15 is 0 Å². The van der Waals surface area contributed by atoms with Gasteiger partial charge in [-0.2, -0.15) is 0 Å². The zero-order chi connectivity index (χ0) is 29.3. The minimum absolute atomic E-state index is 0.106. The van der Waals surface area contributed by atoms with Crippen molar-refractivity contribution >= 4 is 23.1 Å². The van der Waals surface area contributed by atoms with Crippen molar-refractivity contribution in [2.24, 2.45) is 11.3 Å². The molecule has 3 aromatic rings. The predicted molar refractivity (Wildman–Crippen MR) is 168 cm³/mol. The van der Waals surface area contributed by atoms with Crippen LogP contribution in [0.5, 0.6) is 5.75 Å². The number of amides is 1. The fourth-order valence-electron chi connectivity index (χ4n) is 6.94. The Morgan fingerprint density at radius 1 is 0.929 bits per heavy atom. The van der Waals surface area contributed by atoms with E-state index < -0.39 is 0 Å². The zero-order valence-electron chi connectivity index (χ0n) is 24.9. The summed E-state index contributed by atoms with van der Waals surface area (Å²) in [6.45, 7) is 6.03. The van der Waals surface area contributed by atoms with Crippen molar-refractivity contribution in [1.82, 2.24) is 4.90 Å². The Bertz CT molecular complexity index is 1470. The van der Waals surface area contributed by atoms with E-state index in [1.165, 1.54) is 5.56 Å². The van der Waals surface area contributed by atoms with Gasteiger partial charge in [-0.1, -0.05) is 68.4 Å². The highest BCUT2D eigenvalue weighted by molar-refractivity contribution is 6.02. The smallest absolute Gasteiger partial charge is 0.242 e. The standard InChI is InChI=1S/C36H41N3O3/c1-36(2)22-30-34(32(40)23-36)35(27-13-15-28(42-3)16-14-27)39(31-12-8-7-11-29(31)37-30)24-33(41)38-19-17-26(18-20-38)21-25-9-5-4-6-10-25/h4-16,26,35,37H,17-24H2,1-3H3. The number of ether oxygens (including phenoxy) is 1. The minimum Gasteiger partial charge on any atom is -0.497 e. The molecule has 6 nitrogen and oxygen atoms in total. The van der Waals surface area contributed by atoms with Crippen LogP contribution < -0.4 is 15.0 Å². The number of Topliss-reactive ketones (excluding diaryl/α,β-unsaturated/α-hetero) is 1. The average Bonchev–Trinajstić information content (AvgIpc) is 3.12. The number of methoxy groups -OCH3 is 1. The molecule has 1 amide bonds. The number of carbonyl (C=O) groups excluding carboxylic acids is 2. The van der Waals surface area contributed by atoms with E-state index in [-0.39, 0.29) is 29.7 Å². The first-order valence-corrected chi connectivity index (χ1v) is 15.2. The Labute approximate surface area is 249 Å². The van der Waals surface area contributed by atoms with Crippen LogP contribution in [0.1, 0.15) is 56.7 Å². The maximum absolute atomic E-state index is 14.0. The van der Waals surface area contributed by atoms with Gasteiger partial charge in [0.15, 0.2) is 5.78 Å². The number of piperidine rings is 1. The summed E-state index contributed by atoms with van der Waals surface area (Å²) < 4.78 is 5.44. The van der Waals surface area contributed by atoms with Gasteiger partial charge in [0.05, 0.1) is 31.1 Å². The fraction of sp³-hybridized carbons (Fsp3) is 0.389. The van der Waals surface area contributed by atoms with E-state index in [4.69, 9.17) is 4.74 Å². The number of nitrogens with zero attached hydrogens (tertiary/aromatic N) is 2. The number of anilines is 2. The number of allylic oxidation sites excluding steroid dienone is 1. The van der Waals surface area contributed by atoms with Crippen molar-refractivity contribution in [2.75, 3.05) is 37.0 Å². The second-order valence-corrected chi connectivity index (χ2v) is 12.8. The molecule has 6 rings (SSSR count). The Morgan fingerprint density at radius 2 is 1.62 bits per heavy atom. The number of para-hydroxylation sites is 2. The highest BCUT2D eigenvalue weighted by atomic mass is 16.5. The lowest BCUT2D eigenvalue weighted by molar-refractivity contribution is -0.131. The molecule has 0 spiro atoms. The number of carbonyl (C=O) groups is 2. The van der Waals surface area contributed by atoms with Gasteiger partial charge in [0.25, 0.3) is 0 Å². The van der Waals surface area contributed by atoms with Crippen LogP contribution in [0.2, 0.25) is 0 Å². The summed E-state index contributed by atoms with van der Waals surface area (Å²) in [5, 5.41) is 3.65. The first kappa shape index (κ1) is 28.1. The second-order valence-electron chi connectivity index (χ2n) is 12.8. The van der Waals surface area contributed by atoms with E-state index in [2.05, 4.69) is 66.5 Å². The molecule has 218 valence electrons. The molecule has 1 unspecified atom stereocenters. The molecule has 2 aliphatic heterocycles. The van der Waals surface area contributed by atoms with Crippen LogP contribution in [-0.2, 0) is 16.0 Å². The van der Waals surface area contributed by atoms with Gasteiger partial charge in [0.2, 0.25) is 5.91 Å². The zero-order valence-corrected chi connectivity index (χ0v) is 24.9. The van der Waals surface area contributed by atoms with Crippen LogP contribution in [0, 0.1) is 11.3 Å². The van der Waals surface area contributed by atoms with Crippen LogP contribution in [0.25, 0.3) is 0 Å². The predicted octanol–water partition coefficient (Wildman–Crippen LogP) is 6.79. The molecule has 1 N–H and O–H groups in total. The van der Waals surface area contributed by atoms with Gasteiger partial charge >= 0.3 is 0 Å². The van der Waals surface area contributed by atoms with Crippen molar-refractivity contribution in [3.8, 4) is 5.75 Å². The maximum atomic E-state index is 14.0. The third-order valence-electron chi connectivity index (χ3n) is 9.08. The number of benzene rings is 3. The molecule has 0 saturated carbocycles. The van der Waals surface area contributed by atoms with E-state index in [1.807, 2.05) is 41.3 Å². The van der Waals surface area contributed by atoms with Crippen molar-refractivity contribution < 1.29 is 14.3 Å². The number of likely N-dealkylation sites (tertiary alicyclic amines) is 1. The number of ketones is 1. The molecule has 0 radical (unpaired) electrons. The van der Waals surface area contributed by atoms with Gasteiger partial charge in [-0.15, -0.1) is 0 Å². The van der Waals surface area contributed by atoms with E-state index in [9.17, 15) is 9.59 Å². The lowest BCUT2D eigenvalue weighted by Gasteiger charge is -2.39. The fourth-order valence-corrected chi connectivity index (χ4v) is 6.94. The third-order valence-corrected chi connectivity index (χ3v) is 9.08. The summed E-state index contributed by atoms with van der Waals surface area (Å²) in [5.74, 6) is 1.59.